The topological polar surface area (TPSA) is 38.9 Å². The zero-order chi connectivity index (χ0) is 10.9. The molecule has 0 spiro atoms. The molecule has 0 amide bonds. The first-order chi connectivity index (χ1) is 6.34. The lowest BCUT2D eigenvalue weighted by molar-refractivity contribution is -0.149. The van der Waals surface area contributed by atoms with E-state index in [1.165, 1.54) is 0 Å². The van der Waals surface area contributed by atoms with Gasteiger partial charge in [-0.1, -0.05) is 23.2 Å². The smallest absolute Gasteiger partial charge is 0.316 e. The first-order valence-electron chi connectivity index (χ1n) is 3.45. The molecule has 0 aromatic carbocycles. The lowest BCUT2D eigenvalue weighted by Crippen LogP contribution is -2.29. The highest BCUT2D eigenvalue weighted by atomic mass is 35.5. The third-order valence-electron chi connectivity index (χ3n) is 1.55. The summed E-state index contributed by atoms with van der Waals surface area (Å²) < 4.78 is 36.7. The van der Waals surface area contributed by atoms with Crippen LogP contribution in [-0.2, 0) is 0 Å². The van der Waals surface area contributed by atoms with E-state index in [0.717, 1.165) is 12.4 Å². The van der Waals surface area contributed by atoms with E-state index < -0.39 is 12.2 Å². The largest absolute Gasteiger partial charge is 0.407 e. The van der Waals surface area contributed by atoms with Crippen LogP contribution in [0.4, 0.5) is 13.2 Å². The molecule has 1 aromatic rings. The fourth-order valence-corrected chi connectivity index (χ4v) is 1.48. The quantitative estimate of drug-likeness (QED) is 0.825. The van der Waals surface area contributed by atoms with Crippen molar-refractivity contribution >= 4 is 23.2 Å². The molecule has 2 N–H and O–H groups in total. The van der Waals surface area contributed by atoms with Crippen molar-refractivity contribution in [2.24, 2.45) is 5.73 Å². The van der Waals surface area contributed by atoms with Crippen LogP contribution in [0.5, 0.6) is 0 Å². The number of pyridine rings is 1. The Bertz CT molecular complexity index is 320. The van der Waals surface area contributed by atoms with Crippen LogP contribution < -0.4 is 5.73 Å². The number of halogens is 5. The number of nitrogens with two attached hydrogens (primary N) is 1. The van der Waals surface area contributed by atoms with Gasteiger partial charge in [-0.15, -0.1) is 0 Å². The van der Waals surface area contributed by atoms with Gasteiger partial charge in [0.05, 0.1) is 10.0 Å². The van der Waals surface area contributed by atoms with Crippen molar-refractivity contribution in [3.8, 4) is 0 Å². The molecule has 0 aliphatic heterocycles. The van der Waals surface area contributed by atoms with Gasteiger partial charge in [-0.3, -0.25) is 4.98 Å². The molecule has 0 bridgehead atoms. The molecular formula is C7H5Cl2F3N2. The molecule has 0 aliphatic carbocycles. The Morgan fingerprint density at radius 2 is 1.64 bits per heavy atom. The van der Waals surface area contributed by atoms with Gasteiger partial charge in [0.15, 0.2) is 0 Å². The van der Waals surface area contributed by atoms with Gasteiger partial charge < -0.3 is 5.73 Å². The fourth-order valence-electron chi connectivity index (χ4n) is 0.882. The third-order valence-corrected chi connectivity index (χ3v) is 2.16. The normalized spacial score (nSPS) is 14.1. The molecule has 7 heteroatoms. The van der Waals surface area contributed by atoms with Gasteiger partial charge in [-0.25, -0.2) is 0 Å². The van der Waals surface area contributed by atoms with Crippen LogP contribution in [0.1, 0.15) is 11.6 Å². The van der Waals surface area contributed by atoms with E-state index in [4.69, 9.17) is 28.9 Å². The van der Waals surface area contributed by atoms with Crippen LogP contribution in [0, 0.1) is 0 Å². The highest BCUT2D eigenvalue weighted by Gasteiger charge is 2.40. The third kappa shape index (κ3) is 2.29. The maximum atomic E-state index is 12.2. The number of nitrogens with zero attached hydrogens (tertiary/aromatic N) is 1. The van der Waals surface area contributed by atoms with Crippen LogP contribution >= 0.6 is 23.2 Å². The van der Waals surface area contributed by atoms with Crippen LogP contribution in [0.2, 0.25) is 10.0 Å². The summed E-state index contributed by atoms with van der Waals surface area (Å²) in [5.41, 5.74) is 4.60. The SMILES string of the molecule is NC(c1c(Cl)cncc1Cl)C(F)(F)F. The summed E-state index contributed by atoms with van der Waals surface area (Å²) in [6.45, 7) is 0. The van der Waals surface area contributed by atoms with Gasteiger partial charge in [0.25, 0.3) is 0 Å². The summed E-state index contributed by atoms with van der Waals surface area (Å²) in [4.78, 5) is 3.52. The molecule has 1 unspecified atom stereocenters. The van der Waals surface area contributed by atoms with Crippen molar-refractivity contribution in [2.75, 3.05) is 0 Å². The average Bonchev–Trinajstić information content (AvgIpc) is 2.01. The van der Waals surface area contributed by atoms with Crippen molar-refractivity contribution < 1.29 is 13.2 Å². The van der Waals surface area contributed by atoms with Crippen molar-refractivity contribution in [1.29, 1.82) is 0 Å². The Morgan fingerprint density at radius 1 is 1.21 bits per heavy atom. The number of alkyl halides is 3. The van der Waals surface area contributed by atoms with Gasteiger partial charge in [0.1, 0.15) is 6.04 Å². The van der Waals surface area contributed by atoms with Crippen molar-refractivity contribution in [3.05, 3.63) is 28.0 Å². The van der Waals surface area contributed by atoms with Gasteiger partial charge in [0, 0.05) is 18.0 Å². The molecule has 0 fully saturated rings. The molecule has 1 rings (SSSR count). The molecule has 14 heavy (non-hydrogen) atoms. The van der Waals surface area contributed by atoms with E-state index in [9.17, 15) is 13.2 Å². The number of hydrogen-bond donors (Lipinski definition) is 1. The summed E-state index contributed by atoms with van der Waals surface area (Å²) in [7, 11) is 0. The van der Waals surface area contributed by atoms with Gasteiger partial charge in [-0.05, 0) is 0 Å². The highest BCUT2D eigenvalue weighted by molar-refractivity contribution is 6.35. The van der Waals surface area contributed by atoms with Crippen LogP contribution in [0.25, 0.3) is 0 Å². The first kappa shape index (κ1) is 11.6. The number of aromatic nitrogens is 1. The second-order valence-electron chi connectivity index (χ2n) is 2.54. The summed E-state index contributed by atoms with van der Waals surface area (Å²) in [5.74, 6) is 0. The van der Waals surface area contributed by atoms with Gasteiger partial charge >= 0.3 is 6.18 Å². The molecule has 1 heterocycles. The Morgan fingerprint density at radius 3 is 2.00 bits per heavy atom. The molecule has 0 aliphatic rings. The predicted molar refractivity (Wildman–Crippen MR) is 47.2 cm³/mol. The molecular weight excluding hydrogens is 240 g/mol. The minimum Gasteiger partial charge on any atom is -0.316 e. The lowest BCUT2D eigenvalue weighted by atomic mass is 10.1. The molecule has 2 nitrogen and oxygen atoms in total. The van der Waals surface area contributed by atoms with Crippen LogP contribution in [0.15, 0.2) is 12.4 Å². The molecule has 1 atom stereocenters. The zero-order valence-corrected chi connectivity index (χ0v) is 8.16. The Kier molecular flexibility index (Phi) is 3.24. The molecule has 1 aromatic heterocycles. The van der Waals surface area contributed by atoms with Crippen molar-refractivity contribution in [3.63, 3.8) is 0 Å². The second kappa shape index (κ2) is 3.92. The summed E-state index contributed by atoms with van der Waals surface area (Å²) in [6.07, 6.45) is -2.45. The Balaban J connectivity index is 3.19. The second-order valence-corrected chi connectivity index (χ2v) is 3.35. The van der Waals surface area contributed by atoms with E-state index in [1.807, 2.05) is 0 Å². The summed E-state index contributed by atoms with van der Waals surface area (Å²) >= 11 is 11.0. The Hall–Kier alpha value is -0.520. The van der Waals surface area contributed by atoms with Crippen LogP contribution in [0.3, 0.4) is 0 Å². The monoisotopic (exact) mass is 244 g/mol. The van der Waals surface area contributed by atoms with E-state index >= 15 is 0 Å². The summed E-state index contributed by atoms with van der Waals surface area (Å²) in [6, 6.07) is -2.19. The maximum Gasteiger partial charge on any atom is 0.407 e. The average molecular weight is 245 g/mol. The first-order valence-corrected chi connectivity index (χ1v) is 4.21. The molecule has 0 radical (unpaired) electrons. The van der Waals surface area contributed by atoms with Gasteiger partial charge in [-0.2, -0.15) is 13.2 Å². The molecule has 0 saturated heterocycles. The minimum absolute atomic E-state index is 0.192. The lowest BCUT2D eigenvalue weighted by Gasteiger charge is -2.17. The summed E-state index contributed by atoms with van der Waals surface area (Å²) in [5, 5.41) is -0.385. The number of rotatable bonds is 1. The Labute approximate surface area is 87.8 Å². The molecule has 78 valence electrons. The zero-order valence-electron chi connectivity index (χ0n) is 6.65. The fraction of sp³-hybridized carbons (Fsp3) is 0.286. The van der Waals surface area contributed by atoms with E-state index in [-0.39, 0.29) is 15.6 Å². The predicted octanol–water partition coefficient (Wildman–Crippen LogP) is 2.95. The van der Waals surface area contributed by atoms with Crippen LogP contribution in [-0.4, -0.2) is 11.2 Å². The van der Waals surface area contributed by atoms with E-state index in [1.54, 1.807) is 0 Å². The van der Waals surface area contributed by atoms with Crippen molar-refractivity contribution in [1.82, 2.24) is 4.98 Å². The van der Waals surface area contributed by atoms with E-state index in [2.05, 4.69) is 4.98 Å². The van der Waals surface area contributed by atoms with E-state index in [0.29, 0.717) is 0 Å². The standard InChI is InChI=1S/C7H5Cl2F3N2/c8-3-1-14-2-4(9)5(3)6(13)7(10,11)12/h1-2,6H,13H2. The molecule has 0 saturated carbocycles. The maximum absolute atomic E-state index is 12.2. The van der Waals surface area contributed by atoms with Gasteiger partial charge in [0.2, 0.25) is 0 Å². The number of hydrogen-bond acceptors (Lipinski definition) is 2. The van der Waals surface area contributed by atoms with Crippen molar-refractivity contribution in [2.45, 2.75) is 12.2 Å². The highest BCUT2D eigenvalue weighted by Crippen LogP contribution is 2.37. The minimum atomic E-state index is -4.57.